The van der Waals surface area contributed by atoms with Crippen molar-refractivity contribution in [3.05, 3.63) is 29.6 Å². The lowest BCUT2D eigenvalue weighted by atomic mass is 10.2. The van der Waals surface area contributed by atoms with E-state index in [9.17, 15) is 13.2 Å². The molecule has 0 fully saturated rings. The van der Waals surface area contributed by atoms with Gasteiger partial charge in [0.1, 0.15) is 0 Å². The molecule has 0 spiro atoms. The van der Waals surface area contributed by atoms with Gasteiger partial charge in [-0.15, -0.1) is 0 Å². The molecule has 0 aromatic carbocycles. The van der Waals surface area contributed by atoms with Crippen molar-refractivity contribution in [2.45, 2.75) is 13.5 Å². The van der Waals surface area contributed by atoms with Gasteiger partial charge in [-0.2, -0.15) is 8.42 Å². The maximum Gasteiger partial charge on any atom is 0.416 e. The molecule has 0 saturated heterocycles. The molecule has 0 aliphatic rings. The van der Waals surface area contributed by atoms with Crippen LogP contribution in [-0.4, -0.2) is 35.4 Å². The minimum Gasteiger partial charge on any atom is -0.464 e. The van der Waals surface area contributed by atoms with Crippen molar-refractivity contribution in [2.24, 2.45) is 0 Å². The van der Waals surface area contributed by atoms with Crippen LogP contribution in [0.25, 0.3) is 11.0 Å². The summed E-state index contributed by atoms with van der Waals surface area (Å²) < 4.78 is 27.5. The van der Waals surface area contributed by atoms with E-state index in [1.807, 2.05) is 0 Å². The van der Waals surface area contributed by atoms with Crippen molar-refractivity contribution in [1.82, 2.24) is 9.55 Å². The molecule has 2 rings (SSSR count). The molecular formula is C11H12N2O5S. The molecule has 2 aromatic heterocycles. The van der Waals surface area contributed by atoms with Gasteiger partial charge in [0.15, 0.2) is 0 Å². The van der Waals surface area contributed by atoms with Crippen LogP contribution in [0.15, 0.2) is 18.3 Å². The predicted octanol–water partition coefficient (Wildman–Crippen LogP) is 1.35. The predicted molar refractivity (Wildman–Crippen MR) is 67.5 cm³/mol. The molecule has 0 atom stereocenters. The Morgan fingerprint density at radius 2 is 2.16 bits per heavy atom. The van der Waals surface area contributed by atoms with Crippen LogP contribution in [0, 0.1) is 6.92 Å². The number of hydrogen-bond donors (Lipinski definition) is 1. The van der Waals surface area contributed by atoms with Crippen molar-refractivity contribution in [3.8, 4) is 0 Å². The molecule has 8 heteroatoms. The van der Waals surface area contributed by atoms with Crippen LogP contribution in [0.2, 0.25) is 0 Å². The van der Waals surface area contributed by atoms with E-state index in [1.165, 1.54) is 6.20 Å². The van der Waals surface area contributed by atoms with E-state index in [4.69, 9.17) is 5.11 Å². The average Bonchev–Trinajstić information content (AvgIpc) is 2.60. The van der Waals surface area contributed by atoms with Crippen molar-refractivity contribution >= 4 is 27.2 Å². The number of hydrogen-bond acceptors (Lipinski definition) is 5. The molecule has 0 saturated carbocycles. The molecular weight excluding hydrogens is 272 g/mol. The summed E-state index contributed by atoms with van der Waals surface area (Å²) in [5.41, 5.74) is 1.96. The Kier molecular flexibility index (Phi) is 3.29. The largest absolute Gasteiger partial charge is 0.464 e. The molecule has 7 nitrogen and oxygen atoms in total. The quantitative estimate of drug-likeness (QED) is 0.854. The Balaban J connectivity index is 2.44. The van der Waals surface area contributed by atoms with Crippen LogP contribution < -0.4 is 0 Å². The Morgan fingerprint density at radius 3 is 2.74 bits per heavy atom. The first kappa shape index (κ1) is 13.5. The van der Waals surface area contributed by atoms with Gasteiger partial charge in [0.05, 0.1) is 23.9 Å². The number of fused-ring (bicyclic) bond motifs is 1. The molecule has 0 radical (unpaired) electrons. The summed E-state index contributed by atoms with van der Waals surface area (Å²) in [5, 5.41) is 9.11. The third-order valence-corrected chi connectivity index (χ3v) is 3.07. The summed E-state index contributed by atoms with van der Waals surface area (Å²) in [6.45, 7) is 1.48. The normalized spacial score (nSPS) is 11.9. The van der Waals surface area contributed by atoms with Gasteiger partial charge in [0, 0.05) is 11.9 Å². The zero-order chi connectivity index (χ0) is 14.2. The average molecular weight is 284 g/mol. The zero-order valence-electron chi connectivity index (χ0n) is 10.3. The van der Waals surface area contributed by atoms with Crippen LogP contribution in [-0.2, 0) is 20.9 Å². The fourth-order valence-corrected chi connectivity index (χ4v) is 2.11. The van der Waals surface area contributed by atoms with E-state index < -0.39 is 16.2 Å². The number of pyridine rings is 1. The second kappa shape index (κ2) is 4.63. The standard InChI is InChI=1S/C11H12N2O5S/c1-7-3-9-10(13(7)11(14)15)4-8(5-12-9)6-18-19(2,16)17/h3-5H,6H2,1-2H3,(H,14,15). The third kappa shape index (κ3) is 2.91. The van der Waals surface area contributed by atoms with Crippen LogP contribution >= 0.6 is 0 Å². The van der Waals surface area contributed by atoms with E-state index in [1.54, 1.807) is 19.1 Å². The van der Waals surface area contributed by atoms with Crippen LogP contribution in [0.1, 0.15) is 11.3 Å². The van der Waals surface area contributed by atoms with Crippen LogP contribution in [0.5, 0.6) is 0 Å². The van der Waals surface area contributed by atoms with Crippen molar-refractivity contribution in [3.63, 3.8) is 0 Å². The smallest absolute Gasteiger partial charge is 0.416 e. The number of nitrogens with zero attached hydrogens (tertiary/aromatic N) is 2. The van der Waals surface area contributed by atoms with Gasteiger partial charge >= 0.3 is 6.09 Å². The maximum absolute atomic E-state index is 11.1. The second-order valence-corrected chi connectivity index (χ2v) is 5.76. The van der Waals surface area contributed by atoms with E-state index in [0.717, 1.165) is 10.8 Å². The summed E-state index contributed by atoms with van der Waals surface area (Å²) in [6, 6.07) is 3.19. The van der Waals surface area contributed by atoms with Crippen molar-refractivity contribution < 1.29 is 22.5 Å². The first-order valence-corrected chi connectivity index (χ1v) is 7.14. The van der Waals surface area contributed by atoms with E-state index in [0.29, 0.717) is 22.3 Å². The lowest BCUT2D eigenvalue weighted by molar-refractivity contribution is 0.197. The molecule has 0 aliphatic carbocycles. The molecule has 1 N–H and O–H groups in total. The van der Waals surface area contributed by atoms with Gasteiger partial charge in [-0.3, -0.25) is 9.17 Å². The molecule has 0 amide bonds. The van der Waals surface area contributed by atoms with Gasteiger partial charge in [0.2, 0.25) is 0 Å². The van der Waals surface area contributed by atoms with Gasteiger partial charge < -0.3 is 5.11 Å². The number of aryl methyl sites for hydroxylation is 1. The number of aromatic nitrogens is 2. The first-order chi connectivity index (χ1) is 8.78. The zero-order valence-corrected chi connectivity index (χ0v) is 11.1. The van der Waals surface area contributed by atoms with E-state index >= 15 is 0 Å². The van der Waals surface area contributed by atoms with E-state index in [-0.39, 0.29) is 6.61 Å². The Hall–Kier alpha value is -1.93. The highest BCUT2D eigenvalue weighted by Gasteiger charge is 2.13. The minimum atomic E-state index is -3.55. The van der Waals surface area contributed by atoms with E-state index in [2.05, 4.69) is 9.17 Å². The highest BCUT2D eigenvalue weighted by Crippen LogP contribution is 2.19. The molecule has 0 unspecified atom stereocenters. The Labute approximate surface area is 109 Å². The second-order valence-electron chi connectivity index (χ2n) is 4.12. The van der Waals surface area contributed by atoms with Crippen molar-refractivity contribution in [1.29, 1.82) is 0 Å². The highest BCUT2D eigenvalue weighted by atomic mass is 32.2. The number of carbonyl (C=O) groups is 1. The van der Waals surface area contributed by atoms with Crippen molar-refractivity contribution in [2.75, 3.05) is 6.26 Å². The fourth-order valence-electron chi connectivity index (χ4n) is 1.76. The van der Waals surface area contributed by atoms with Gasteiger partial charge in [0.25, 0.3) is 10.1 Å². The SMILES string of the molecule is Cc1cc2ncc(COS(C)(=O)=O)cc2n1C(=O)O. The molecule has 0 bridgehead atoms. The summed E-state index contributed by atoms with van der Waals surface area (Å²) in [6.07, 6.45) is 1.29. The third-order valence-electron chi connectivity index (χ3n) is 2.52. The fraction of sp³-hybridized carbons (Fsp3) is 0.273. The van der Waals surface area contributed by atoms with Crippen LogP contribution in [0.4, 0.5) is 4.79 Å². The molecule has 0 aliphatic heterocycles. The number of carboxylic acid groups (broad SMARTS) is 1. The molecule has 2 aromatic rings. The van der Waals surface area contributed by atoms with Gasteiger partial charge in [-0.1, -0.05) is 0 Å². The topological polar surface area (TPSA) is 98.5 Å². The Morgan fingerprint density at radius 1 is 1.47 bits per heavy atom. The lowest BCUT2D eigenvalue weighted by Gasteiger charge is -2.03. The monoisotopic (exact) mass is 284 g/mol. The maximum atomic E-state index is 11.1. The number of rotatable bonds is 3. The minimum absolute atomic E-state index is 0.175. The van der Waals surface area contributed by atoms with Gasteiger partial charge in [-0.05, 0) is 24.6 Å². The molecule has 2 heterocycles. The Bertz CT molecular complexity index is 748. The van der Waals surface area contributed by atoms with Crippen LogP contribution in [0.3, 0.4) is 0 Å². The molecule has 19 heavy (non-hydrogen) atoms. The summed E-state index contributed by atoms with van der Waals surface area (Å²) >= 11 is 0. The highest BCUT2D eigenvalue weighted by molar-refractivity contribution is 7.85. The van der Waals surface area contributed by atoms with Gasteiger partial charge in [-0.25, -0.2) is 9.36 Å². The summed E-state index contributed by atoms with van der Waals surface area (Å²) in [5.74, 6) is 0. The molecule has 102 valence electrons. The summed E-state index contributed by atoms with van der Waals surface area (Å²) in [4.78, 5) is 15.2. The first-order valence-electron chi connectivity index (χ1n) is 5.32. The lowest BCUT2D eigenvalue weighted by Crippen LogP contribution is -2.09. The summed E-state index contributed by atoms with van der Waals surface area (Å²) in [7, 11) is -3.55.